The van der Waals surface area contributed by atoms with E-state index in [1.165, 1.54) is 0 Å². The van der Waals surface area contributed by atoms with Crippen LogP contribution >= 0.6 is 7.37 Å². The van der Waals surface area contributed by atoms with Gasteiger partial charge in [-0.25, -0.2) is 0 Å². The molecule has 0 aromatic heterocycles. The van der Waals surface area contributed by atoms with Crippen molar-refractivity contribution in [2.45, 2.75) is 37.4 Å². The summed E-state index contributed by atoms with van der Waals surface area (Å²) in [5.41, 5.74) is 6.16. The summed E-state index contributed by atoms with van der Waals surface area (Å²) in [4.78, 5) is 10.3. The first kappa shape index (κ1) is 11.8. The summed E-state index contributed by atoms with van der Waals surface area (Å²) in [5, 5.41) is -0.425. The van der Waals surface area contributed by atoms with Crippen LogP contribution in [0, 0.1) is 0 Å². The van der Waals surface area contributed by atoms with Gasteiger partial charge in [0.05, 0.1) is 5.28 Å². The highest BCUT2D eigenvalue weighted by atomic mass is 31.2. The molecule has 3 nitrogen and oxygen atoms in total. The molecule has 1 aliphatic carbocycles. The largest absolute Gasteiger partial charge is 0.340 e. The molecule has 0 radical (unpaired) electrons. The van der Waals surface area contributed by atoms with Gasteiger partial charge in [-0.05, 0) is 25.0 Å². The first-order chi connectivity index (χ1) is 7.56. The zero-order chi connectivity index (χ0) is 11.6. The molecule has 1 aliphatic rings. The monoisotopic (exact) mass is 239 g/mol. The Hall–Kier alpha value is -0.630. The highest BCUT2D eigenvalue weighted by molar-refractivity contribution is 7.67. The third-order valence-corrected chi connectivity index (χ3v) is 6.08. The van der Waals surface area contributed by atoms with Gasteiger partial charge < -0.3 is 10.6 Å². The molecule has 0 spiro atoms. The molecule has 1 unspecified atom stereocenters. The van der Waals surface area contributed by atoms with Crippen molar-refractivity contribution in [3.8, 4) is 0 Å². The van der Waals surface area contributed by atoms with Crippen LogP contribution in [-0.4, -0.2) is 10.2 Å². The van der Waals surface area contributed by atoms with Crippen LogP contribution in [-0.2, 0) is 4.57 Å². The van der Waals surface area contributed by atoms with Crippen molar-refractivity contribution in [2.24, 2.45) is 5.73 Å². The molecule has 1 aromatic carbocycles. The molecule has 1 aromatic rings. The van der Waals surface area contributed by atoms with Gasteiger partial charge in [0.2, 0.25) is 7.37 Å². The van der Waals surface area contributed by atoms with E-state index in [1.54, 1.807) is 24.3 Å². The molecule has 3 N–H and O–H groups in total. The Balaban J connectivity index is 2.34. The van der Waals surface area contributed by atoms with Crippen LogP contribution in [0.3, 0.4) is 0 Å². The highest BCUT2D eigenvalue weighted by Gasteiger charge is 2.45. The van der Waals surface area contributed by atoms with Gasteiger partial charge in [-0.15, -0.1) is 0 Å². The molecule has 0 saturated heterocycles. The minimum Gasteiger partial charge on any atom is -0.340 e. The van der Waals surface area contributed by atoms with Crippen molar-refractivity contribution in [1.82, 2.24) is 0 Å². The van der Waals surface area contributed by atoms with Gasteiger partial charge in [0, 0.05) is 5.30 Å². The molecule has 2 rings (SSSR count). The van der Waals surface area contributed by atoms with Gasteiger partial charge in [0.15, 0.2) is 0 Å². The second-order valence-corrected chi connectivity index (χ2v) is 7.13. The number of hydrogen-bond acceptors (Lipinski definition) is 2. The summed E-state index contributed by atoms with van der Waals surface area (Å²) in [6, 6.07) is 8.80. The fourth-order valence-electron chi connectivity index (χ4n) is 2.35. The third kappa shape index (κ3) is 1.95. The maximum Gasteiger partial charge on any atom is 0.248 e. The van der Waals surface area contributed by atoms with E-state index in [0.29, 0.717) is 18.1 Å². The lowest BCUT2D eigenvalue weighted by Gasteiger charge is -2.37. The Labute approximate surface area is 96.1 Å². The van der Waals surface area contributed by atoms with Crippen LogP contribution in [0.5, 0.6) is 0 Å². The van der Waals surface area contributed by atoms with Crippen LogP contribution in [0.1, 0.15) is 32.1 Å². The number of benzene rings is 1. The summed E-state index contributed by atoms with van der Waals surface area (Å²) in [7, 11) is -3.45. The van der Waals surface area contributed by atoms with E-state index in [1.807, 2.05) is 6.07 Å². The van der Waals surface area contributed by atoms with Crippen molar-refractivity contribution < 1.29 is 9.46 Å². The minimum absolute atomic E-state index is 0.486. The van der Waals surface area contributed by atoms with Crippen molar-refractivity contribution in [3.05, 3.63) is 30.3 Å². The normalized spacial score (nSPS) is 23.6. The van der Waals surface area contributed by atoms with E-state index >= 15 is 0 Å². The van der Waals surface area contributed by atoms with E-state index in [2.05, 4.69) is 0 Å². The molecule has 4 heteroatoms. The summed E-state index contributed by atoms with van der Waals surface area (Å²) >= 11 is 0. The molecule has 0 heterocycles. The minimum atomic E-state index is -3.45. The number of hydrogen-bond donors (Lipinski definition) is 2. The molecule has 88 valence electrons. The van der Waals surface area contributed by atoms with Crippen LogP contribution in [0.2, 0.25) is 0 Å². The summed E-state index contributed by atoms with van der Waals surface area (Å²) in [6.45, 7) is 0. The Morgan fingerprint density at radius 2 is 1.69 bits per heavy atom. The van der Waals surface area contributed by atoms with Crippen LogP contribution in [0.15, 0.2) is 30.3 Å². The lowest BCUT2D eigenvalue weighted by Crippen LogP contribution is -2.44. The average Bonchev–Trinajstić information content (AvgIpc) is 2.31. The van der Waals surface area contributed by atoms with Gasteiger partial charge in [-0.2, -0.15) is 0 Å². The highest BCUT2D eigenvalue weighted by Crippen LogP contribution is 2.56. The van der Waals surface area contributed by atoms with Gasteiger partial charge in [0.1, 0.15) is 0 Å². The van der Waals surface area contributed by atoms with E-state index in [4.69, 9.17) is 5.73 Å². The third-order valence-electron chi connectivity index (χ3n) is 3.43. The fourth-order valence-corrected chi connectivity index (χ4v) is 4.37. The van der Waals surface area contributed by atoms with Crippen molar-refractivity contribution >= 4 is 12.7 Å². The molecule has 1 saturated carbocycles. The Morgan fingerprint density at radius 1 is 1.12 bits per heavy atom. The van der Waals surface area contributed by atoms with Crippen LogP contribution in [0.25, 0.3) is 0 Å². The molecule has 0 amide bonds. The Morgan fingerprint density at radius 3 is 2.25 bits per heavy atom. The summed E-state index contributed by atoms with van der Waals surface area (Å²) in [6.07, 6.45) is 4.32. The first-order valence-corrected chi connectivity index (χ1v) is 7.40. The molecule has 16 heavy (non-hydrogen) atoms. The second-order valence-electron chi connectivity index (χ2n) is 4.58. The fraction of sp³-hybridized carbons (Fsp3) is 0.500. The second kappa shape index (κ2) is 4.33. The first-order valence-electron chi connectivity index (χ1n) is 5.74. The summed E-state index contributed by atoms with van der Waals surface area (Å²) < 4.78 is 12.5. The van der Waals surface area contributed by atoms with Gasteiger partial charge in [0.25, 0.3) is 0 Å². The van der Waals surface area contributed by atoms with Gasteiger partial charge >= 0.3 is 0 Å². The van der Waals surface area contributed by atoms with Gasteiger partial charge in [-0.3, -0.25) is 4.57 Å². The molecule has 1 fully saturated rings. The van der Waals surface area contributed by atoms with E-state index in [-0.39, 0.29) is 0 Å². The number of rotatable bonds is 2. The standard InChI is InChI=1S/C12H18NO2P/c13-12(9-5-2-6-10-12)16(14,15)11-7-3-1-4-8-11/h1,3-4,7-8H,2,5-6,9-10,13H2,(H,14,15). The smallest absolute Gasteiger partial charge is 0.248 e. The SMILES string of the molecule is NC1(P(=O)(O)c2ccccc2)CCCCC1. The van der Waals surface area contributed by atoms with Crippen LogP contribution < -0.4 is 11.0 Å². The van der Waals surface area contributed by atoms with E-state index in [9.17, 15) is 9.46 Å². The molecule has 1 atom stereocenters. The maximum atomic E-state index is 12.5. The van der Waals surface area contributed by atoms with Crippen molar-refractivity contribution in [2.75, 3.05) is 0 Å². The topological polar surface area (TPSA) is 63.3 Å². The lowest BCUT2D eigenvalue weighted by atomic mass is 9.95. The zero-order valence-electron chi connectivity index (χ0n) is 9.30. The Bertz CT molecular complexity index is 399. The Kier molecular flexibility index (Phi) is 3.20. The lowest BCUT2D eigenvalue weighted by molar-refractivity contribution is 0.348. The van der Waals surface area contributed by atoms with Gasteiger partial charge in [-0.1, -0.05) is 37.5 Å². The predicted molar refractivity (Wildman–Crippen MR) is 65.9 cm³/mol. The van der Waals surface area contributed by atoms with E-state index in [0.717, 1.165) is 19.3 Å². The molecular weight excluding hydrogens is 221 g/mol. The predicted octanol–water partition coefficient (Wildman–Crippen LogP) is 2.20. The molecule has 0 bridgehead atoms. The quantitative estimate of drug-likeness (QED) is 0.778. The molecular formula is C12H18NO2P. The number of nitrogens with two attached hydrogens (primary N) is 1. The van der Waals surface area contributed by atoms with Crippen molar-refractivity contribution in [3.63, 3.8) is 0 Å². The zero-order valence-corrected chi connectivity index (χ0v) is 10.2. The molecule has 0 aliphatic heterocycles. The van der Waals surface area contributed by atoms with Crippen molar-refractivity contribution in [1.29, 1.82) is 0 Å². The van der Waals surface area contributed by atoms with E-state index < -0.39 is 12.6 Å². The maximum absolute atomic E-state index is 12.5. The van der Waals surface area contributed by atoms with Crippen LogP contribution in [0.4, 0.5) is 0 Å². The summed E-state index contributed by atoms with van der Waals surface area (Å²) in [5.74, 6) is 0. The average molecular weight is 239 g/mol.